The molecule has 1 unspecified atom stereocenters. The summed E-state index contributed by atoms with van der Waals surface area (Å²) in [5.74, 6) is -1.47. The molecule has 0 bridgehead atoms. The van der Waals surface area contributed by atoms with Gasteiger partial charge in [-0.1, -0.05) is 0 Å². The topological polar surface area (TPSA) is 116 Å². The van der Waals surface area contributed by atoms with Gasteiger partial charge in [0.1, 0.15) is 17.6 Å². The molecule has 27 heavy (non-hydrogen) atoms. The molecule has 2 heterocycles. The lowest BCUT2D eigenvalue weighted by molar-refractivity contribution is -0.119. The van der Waals surface area contributed by atoms with E-state index in [0.717, 1.165) is 10.9 Å². The summed E-state index contributed by atoms with van der Waals surface area (Å²) in [6, 6.07) is 9.94. The van der Waals surface area contributed by atoms with Gasteiger partial charge in [-0.05, 0) is 42.5 Å². The third kappa shape index (κ3) is 3.22. The summed E-state index contributed by atoms with van der Waals surface area (Å²) in [5.41, 5.74) is 7.51. The fourth-order valence-corrected chi connectivity index (χ4v) is 2.92. The molecule has 0 spiro atoms. The Hall–Kier alpha value is -3.75. The first-order valence-electron chi connectivity index (χ1n) is 8.17. The summed E-state index contributed by atoms with van der Waals surface area (Å²) in [4.78, 5) is 24.4. The van der Waals surface area contributed by atoms with Crippen LogP contribution in [0.2, 0.25) is 0 Å². The Labute approximate surface area is 152 Å². The highest BCUT2D eigenvalue weighted by atomic mass is 19.1. The number of fused-ring (bicyclic) bond motifs is 1. The van der Waals surface area contributed by atoms with Crippen LogP contribution in [0.4, 0.5) is 15.8 Å². The van der Waals surface area contributed by atoms with E-state index in [1.165, 1.54) is 29.3 Å². The average Bonchev–Trinajstić information content (AvgIpc) is 3.29. The Morgan fingerprint density at radius 2 is 2.00 bits per heavy atom. The predicted molar refractivity (Wildman–Crippen MR) is 98.6 cm³/mol. The molecule has 4 rings (SSSR count). The van der Waals surface area contributed by atoms with Gasteiger partial charge in [-0.15, -0.1) is 0 Å². The summed E-state index contributed by atoms with van der Waals surface area (Å²) in [6.45, 7) is 0. The number of aromatic nitrogens is 2. The first-order chi connectivity index (χ1) is 13.0. The number of carbonyl (C=O) groups is 2. The van der Waals surface area contributed by atoms with Crippen LogP contribution >= 0.6 is 0 Å². The van der Waals surface area contributed by atoms with E-state index in [-0.39, 0.29) is 12.1 Å². The Morgan fingerprint density at radius 1 is 1.22 bits per heavy atom. The molecule has 136 valence electrons. The molecule has 9 heteroatoms. The molecule has 1 aromatic heterocycles. The van der Waals surface area contributed by atoms with Crippen LogP contribution in [0, 0.1) is 5.82 Å². The largest absolute Gasteiger partial charge is 0.368 e. The van der Waals surface area contributed by atoms with E-state index in [0.29, 0.717) is 11.4 Å². The standard InChI is InChI=1S/C18H15FN6O2/c19-11-1-4-13(5-2-11)25-16(17(20)26)8-15(24-25)18(27)22-12-3-6-14-10(7-12)9-21-23-14/h1-7,9,16H,8H2,(H2,20,26)(H,21,23)(H,22,27). The van der Waals surface area contributed by atoms with Crippen LogP contribution < -0.4 is 16.1 Å². The van der Waals surface area contributed by atoms with Crippen LogP contribution in [0.3, 0.4) is 0 Å². The zero-order valence-corrected chi connectivity index (χ0v) is 14.0. The van der Waals surface area contributed by atoms with Crippen LogP contribution in [0.5, 0.6) is 0 Å². The maximum Gasteiger partial charge on any atom is 0.271 e. The number of hydrogen-bond acceptors (Lipinski definition) is 5. The molecule has 0 saturated heterocycles. The van der Waals surface area contributed by atoms with Crippen molar-refractivity contribution in [3.05, 3.63) is 54.5 Å². The van der Waals surface area contributed by atoms with Crippen molar-refractivity contribution < 1.29 is 14.0 Å². The number of nitrogens with two attached hydrogens (primary N) is 1. The number of rotatable bonds is 4. The lowest BCUT2D eigenvalue weighted by Crippen LogP contribution is -2.39. The lowest BCUT2D eigenvalue weighted by Gasteiger charge is -2.20. The van der Waals surface area contributed by atoms with Gasteiger partial charge in [-0.25, -0.2) is 4.39 Å². The molecule has 1 aliphatic heterocycles. The number of nitrogens with one attached hydrogen (secondary N) is 2. The molecule has 0 radical (unpaired) electrons. The summed E-state index contributed by atoms with van der Waals surface area (Å²) < 4.78 is 13.1. The third-order valence-corrected chi connectivity index (χ3v) is 4.29. The highest BCUT2D eigenvalue weighted by Crippen LogP contribution is 2.25. The normalized spacial score (nSPS) is 16.4. The van der Waals surface area contributed by atoms with Gasteiger partial charge >= 0.3 is 0 Å². The number of carbonyl (C=O) groups excluding carboxylic acids is 2. The van der Waals surface area contributed by atoms with E-state index in [4.69, 9.17) is 5.73 Å². The van der Waals surface area contributed by atoms with Crippen LogP contribution in [0.15, 0.2) is 53.8 Å². The fraction of sp³-hybridized carbons (Fsp3) is 0.111. The zero-order valence-electron chi connectivity index (χ0n) is 14.0. The van der Waals surface area contributed by atoms with Crippen molar-refractivity contribution >= 4 is 39.8 Å². The minimum atomic E-state index is -0.812. The molecule has 2 aromatic carbocycles. The van der Waals surface area contributed by atoms with Gasteiger partial charge in [0.05, 0.1) is 17.4 Å². The molecule has 3 aromatic rings. The summed E-state index contributed by atoms with van der Waals surface area (Å²) >= 11 is 0. The molecular weight excluding hydrogens is 351 g/mol. The molecule has 2 amide bonds. The van der Waals surface area contributed by atoms with Crippen LogP contribution in [0.1, 0.15) is 6.42 Å². The molecule has 4 N–H and O–H groups in total. The van der Waals surface area contributed by atoms with Gasteiger partial charge in [0.25, 0.3) is 5.91 Å². The quantitative estimate of drug-likeness (QED) is 0.652. The molecule has 8 nitrogen and oxygen atoms in total. The molecule has 1 atom stereocenters. The second-order valence-corrected chi connectivity index (χ2v) is 6.12. The minimum Gasteiger partial charge on any atom is -0.368 e. The Bertz CT molecular complexity index is 1060. The molecule has 1 aliphatic rings. The number of H-pyrrole nitrogens is 1. The summed E-state index contributed by atoms with van der Waals surface area (Å²) in [5, 5.41) is 15.9. The minimum absolute atomic E-state index is 0.0620. The van der Waals surface area contributed by atoms with Gasteiger partial charge in [-0.2, -0.15) is 10.2 Å². The van der Waals surface area contributed by atoms with Crippen LogP contribution in [-0.2, 0) is 9.59 Å². The van der Waals surface area contributed by atoms with Crippen molar-refractivity contribution in [3.63, 3.8) is 0 Å². The van der Waals surface area contributed by atoms with Gasteiger partial charge in [0.2, 0.25) is 5.91 Å². The highest BCUT2D eigenvalue weighted by molar-refractivity contribution is 6.44. The van der Waals surface area contributed by atoms with Crippen molar-refractivity contribution in [1.82, 2.24) is 10.2 Å². The monoisotopic (exact) mass is 366 g/mol. The molecule has 0 aliphatic carbocycles. The Kier molecular flexibility index (Phi) is 4.03. The number of nitrogens with zero attached hydrogens (tertiary/aromatic N) is 3. The van der Waals surface area contributed by atoms with Crippen LogP contribution in [-0.4, -0.2) is 33.8 Å². The summed E-state index contributed by atoms with van der Waals surface area (Å²) in [7, 11) is 0. The van der Waals surface area contributed by atoms with Crippen molar-refractivity contribution in [3.8, 4) is 0 Å². The number of aromatic amines is 1. The summed E-state index contributed by atoms with van der Waals surface area (Å²) in [6.07, 6.45) is 1.71. The van der Waals surface area contributed by atoms with E-state index in [1.807, 2.05) is 0 Å². The second-order valence-electron chi connectivity index (χ2n) is 6.12. The van der Waals surface area contributed by atoms with Crippen molar-refractivity contribution in [2.24, 2.45) is 10.8 Å². The maximum atomic E-state index is 13.1. The van der Waals surface area contributed by atoms with Crippen molar-refractivity contribution in [2.75, 3.05) is 10.3 Å². The number of primary amides is 1. The number of amides is 2. The smallest absolute Gasteiger partial charge is 0.271 e. The number of benzene rings is 2. The fourth-order valence-electron chi connectivity index (χ4n) is 2.92. The number of halogens is 1. The Balaban J connectivity index is 1.58. The maximum absolute atomic E-state index is 13.1. The third-order valence-electron chi connectivity index (χ3n) is 4.29. The molecular formula is C18H15FN6O2. The van der Waals surface area contributed by atoms with Gasteiger partial charge in [0.15, 0.2) is 0 Å². The van der Waals surface area contributed by atoms with E-state index in [1.54, 1.807) is 24.4 Å². The predicted octanol–water partition coefficient (Wildman–Crippen LogP) is 1.76. The van der Waals surface area contributed by atoms with Crippen molar-refractivity contribution in [2.45, 2.75) is 12.5 Å². The van der Waals surface area contributed by atoms with E-state index < -0.39 is 23.7 Å². The van der Waals surface area contributed by atoms with Gasteiger partial charge in [0, 0.05) is 17.5 Å². The van der Waals surface area contributed by atoms with Crippen molar-refractivity contribution in [1.29, 1.82) is 0 Å². The Morgan fingerprint density at radius 3 is 2.74 bits per heavy atom. The zero-order chi connectivity index (χ0) is 19.0. The first-order valence-corrected chi connectivity index (χ1v) is 8.17. The number of hydrogen-bond donors (Lipinski definition) is 3. The molecule has 0 saturated carbocycles. The van der Waals surface area contributed by atoms with E-state index in [2.05, 4.69) is 20.6 Å². The highest BCUT2D eigenvalue weighted by Gasteiger charge is 2.35. The van der Waals surface area contributed by atoms with Gasteiger partial charge in [-0.3, -0.25) is 19.7 Å². The van der Waals surface area contributed by atoms with Crippen LogP contribution in [0.25, 0.3) is 10.9 Å². The van der Waals surface area contributed by atoms with E-state index >= 15 is 0 Å². The first kappa shape index (κ1) is 16.7. The molecule has 0 fully saturated rings. The number of hydrazone groups is 1. The second kappa shape index (κ2) is 6.52. The SMILES string of the molecule is NC(=O)C1CC(C(=O)Nc2ccc3[nH]ncc3c2)=NN1c1ccc(F)cc1. The number of anilines is 2. The van der Waals surface area contributed by atoms with Gasteiger partial charge < -0.3 is 11.1 Å². The lowest BCUT2D eigenvalue weighted by atomic mass is 10.1. The average molecular weight is 366 g/mol. The van der Waals surface area contributed by atoms with E-state index in [9.17, 15) is 14.0 Å².